The number of anilines is 1. The molecule has 0 bridgehead atoms. The third kappa shape index (κ3) is 2.34. The first kappa shape index (κ1) is 12.2. The van der Waals surface area contributed by atoms with Crippen LogP contribution in [0.4, 0.5) is 5.69 Å². The van der Waals surface area contributed by atoms with Crippen molar-refractivity contribution >= 4 is 22.9 Å². The predicted molar refractivity (Wildman–Crippen MR) is 77.0 cm³/mol. The largest absolute Gasteiger partial charge is 0.334 e. The molecule has 2 aromatic rings. The molecule has 2 heterocycles. The summed E-state index contributed by atoms with van der Waals surface area (Å²) in [6, 6.07) is 9.35. The summed E-state index contributed by atoms with van der Waals surface area (Å²) < 4.78 is 0. The lowest BCUT2D eigenvalue weighted by Crippen LogP contribution is -2.35. The molecule has 0 unspecified atom stereocenters. The normalized spacial score (nSPS) is 14.1. The van der Waals surface area contributed by atoms with Gasteiger partial charge in [-0.25, -0.2) is 0 Å². The van der Waals surface area contributed by atoms with Crippen molar-refractivity contribution in [1.29, 1.82) is 0 Å². The predicted octanol–water partition coefficient (Wildman–Crippen LogP) is 2.23. The van der Waals surface area contributed by atoms with Crippen molar-refractivity contribution in [3.63, 3.8) is 0 Å². The van der Waals surface area contributed by atoms with Gasteiger partial charge in [-0.15, -0.1) is 11.3 Å². The zero-order valence-corrected chi connectivity index (χ0v) is 11.2. The Bertz CT molecular complexity index is 591. The van der Waals surface area contributed by atoms with Crippen LogP contribution in [-0.4, -0.2) is 17.4 Å². The van der Waals surface area contributed by atoms with E-state index in [1.54, 1.807) is 23.5 Å². The second kappa shape index (κ2) is 5.03. The van der Waals surface area contributed by atoms with Gasteiger partial charge in [0.05, 0.1) is 0 Å². The van der Waals surface area contributed by atoms with E-state index < -0.39 is 0 Å². The summed E-state index contributed by atoms with van der Waals surface area (Å²) in [6.07, 6.45) is 0.960. The van der Waals surface area contributed by atoms with E-state index in [2.05, 4.69) is 16.9 Å². The van der Waals surface area contributed by atoms with E-state index in [1.165, 1.54) is 10.4 Å². The minimum absolute atomic E-state index is 0.0837. The number of hydrogen-bond acceptors (Lipinski definition) is 4. The van der Waals surface area contributed by atoms with Gasteiger partial charge < -0.3 is 10.3 Å². The zero-order chi connectivity index (χ0) is 13.2. The molecule has 0 saturated carbocycles. The standard InChI is InChI=1S/C14H15N3OS/c15-16-12-3-1-10(2-4-12)14(18)17-7-5-13-11(9-17)6-8-19-13/h1-4,6,8,16H,5,7,9,15H2. The monoisotopic (exact) mass is 273 g/mol. The Morgan fingerprint density at radius 2 is 2.05 bits per heavy atom. The third-order valence-electron chi connectivity index (χ3n) is 3.39. The molecule has 3 rings (SSSR count). The molecular formula is C14H15N3OS. The highest BCUT2D eigenvalue weighted by Gasteiger charge is 2.22. The zero-order valence-electron chi connectivity index (χ0n) is 10.4. The minimum Gasteiger partial charge on any atom is -0.334 e. The number of carbonyl (C=O) groups excluding carboxylic acids is 1. The summed E-state index contributed by atoms with van der Waals surface area (Å²) in [5.41, 5.74) is 5.35. The Morgan fingerprint density at radius 1 is 1.26 bits per heavy atom. The number of nitrogen functional groups attached to an aromatic ring is 1. The van der Waals surface area contributed by atoms with Crippen LogP contribution in [0.25, 0.3) is 0 Å². The van der Waals surface area contributed by atoms with Crippen molar-refractivity contribution < 1.29 is 4.79 Å². The van der Waals surface area contributed by atoms with Gasteiger partial charge in [0.15, 0.2) is 0 Å². The van der Waals surface area contributed by atoms with Crippen molar-refractivity contribution in [2.75, 3.05) is 12.0 Å². The van der Waals surface area contributed by atoms with E-state index in [0.717, 1.165) is 18.7 Å². The molecule has 0 spiro atoms. The van der Waals surface area contributed by atoms with Crippen LogP contribution in [-0.2, 0) is 13.0 Å². The van der Waals surface area contributed by atoms with E-state index in [1.807, 2.05) is 17.0 Å². The Kier molecular flexibility index (Phi) is 3.23. The summed E-state index contributed by atoms with van der Waals surface area (Å²) in [5, 5.41) is 2.10. The van der Waals surface area contributed by atoms with Gasteiger partial charge >= 0.3 is 0 Å². The van der Waals surface area contributed by atoms with Gasteiger partial charge in [0, 0.05) is 29.2 Å². The van der Waals surface area contributed by atoms with Crippen LogP contribution in [0.3, 0.4) is 0 Å². The highest BCUT2D eigenvalue weighted by molar-refractivity contribution is 7.10. The maximum absolute atomic E-state index is 12.4. The number of benzene rings is 1. The van der Waals surface area contributed by atoms with Gasteiger partial charge in [-0.1, -0.05) is 0 Å². The van der Waals surface area contributed by atoms with Gasteiger partial charge in [0.1, 0.15) is 0 Å². The average Bonchev–Trinajstić information content (AvgIpc) is 2.94. The van der Waals surface area contributed by atoms with Crippen molar-refractivity contribution in [3.8, 4) is 0 Å². The van der Waals surface area contributed by atoms with E-state index in [-0.39, 0.29) is 5.91 Å². The third-order valence-corrected chi connectivity index (χ3v) is 4.42. The molecule has 0 aliphatic carbocycles. The first-order chi connectivity index (χ1) is 9.28. The number of thiophene rings is 1. The van der Waals surface area contributed by atoms with E-state index >= 15 is 0 Å². The lowest BCUT2D eigenvalue weighted by Gasteiger charge is -2.27. The van der Waals surface area contributed by atoms with E-state index in [0.29, 0.717) is 12.1 Å². The van der Waals surface area contributed by atoms with Crippen LogP contribution in [0.5, 0.6) is 0 Å². The first-order valence-electron chi connectivity index (χ1n) is 6.19. The molecule has 0 fully saturated rings. The number of rotatable bonds is 2. The van der Waals surface area contributed by atoms with Crippen LogP contribution in [0.15, 0.2) is 35.7 Å². The second-order valence-corrected chi connectivity index (χ2v) is 5.57. The molecule has 19 heavy (non-hydrogen) atoms. The summed E-state index contributed by atoms with van der Waals surface area (Å²) in [5.74, 6) is 5.40. The number of nitrogens with zero attached hydrogens (tertiary/aromatic N) is 1. The second-order valence-electron chi connectivity index (χ2n) is 4.57. The number of carbonyl (C=O) groups is 1. The summed E-state index contributed by atoms with van der Waals surface area (Å²) >= 11 is 1.78. The highest BCUT2D eigenvalue weighted by atomic mass is 32.1. The van der Waals surface area contributed by atoms with Gasteiger partial charge in [0.25, 0.3) is 5.91 Å². The van der Waals surface area contributed by atoms with Crippen LogP contribution < -0.4 is 11.3 Å². The summed E-state index contributed by atoms with van der Waals surface area (Å²) in [4.78, 5) is 15.7. The fourth-order valence-corrected chi connectivity index (χ4v) is 3.20. The maximum Gasteiger partial charge on any atom is 0.254 e. The van der Waals surface area contributed by atoms with Crippen molar-refractivity contribution in [3.05, 3.63) is 51.7 Å². The number of hydrazine groups is 1. The topological polar surface area (TPSA) is 58.4 Å². The molecule has 1 aliphatic rings. The SMILES string of the molecule is NNc1ccc(C(=O)N2CCc3sccc3C2)cc1. The van der Waals surface area contributed by atoms with E-state index in [9.17, 15) is 4.79 Å². The van der Waals surface area contributed by atoms with Gasteiger partial charge in [-0.3, -0.25) is 10.6 Å². The minimum atomic E-state index is 0.0837. The fourth-order valence-electron chi connectivity index (χ4n) is 2.31. The molecule has 3 N–H and O–H groups in total. The number of hydrogen-bond donors (Lipinski definition) is 2. The lowest BCUT2D eigenvalue weighted by atomic mass is 10.1. The van der Waals surface area contributed by atoms with Crippen LogP contribution in [0, 0.1) is 0 Å². The Labute approximate surface area is 115 Å². The Hall–Kier alpha value is -1.85. The lowest BCUT2D eigenvalue weighted by molar-refractivity contribution is 0.0736. The number of nitrogens with one attached hydrogen (secondary N) is 1. The molecule has 1 amide bonds. The van der Waals surface area contributed by atoms with Crippen LogP contribution in [0.1, 0.15) is 20.8 Å². The van der Waals surface area contributed by atoms with Gasteiger partial charge in [-0.2, -0.15) is 0 Å². The Morgan fingerprint density at radius 3 is 2.79 bits per heavy atom. The quantitative estimate of drug-likeness (QED) is 0.651. The average molecular weight is 273 g/mol. The number of nitrogens with two attached hydrogens (primary N) is 1. The number of fused-ring (bicyclic) bond motifs is 1. The summed E-state index contributed by atoms with van der Waals surface area (Å²) in [7, 11) is 0. The van der Waals surface area contributed by atoms with Crippen LogP contribution >= 0.6 is 11.3 Å². The molecule has 0 saturated heterocycles. The molecule has 1 aromatic heterocycles. The van der Waals surface area contributed by atoms with Crippen molar-refractivity contribution in [1.82, 2.24) is 4.90 Å². The summed E-state index contributed by atoms with van der Waals surface area (Å²) in [6.45, 7) is 1.51. The molecule has 98 valence electrons. The molecule has 1 aliphatic heterocycles. The smallest absolute Gasteiger partial charge is 0.254 e. The van der Waals surface area contributed by atoms with Crippen molar-refractivity contribution in [2.24, 2.45) is 5.84 Å². The Balaban J connectivity index is 1.77. The number of amides is 1. The highest BCUT2D eigenvalue weighted by Crippen LogP contribution is 2.25. The van der Waals surface area contributed by atoms with Crippen LogP contribution in [0.2, 0.25) is 0 Å². The van der Waals surface area contributed by atoms with E-state index in [4.69, 9.17) is 5.84 Å². The molecule has 0 atom stereocenters. The van der Waals surface area contributed by atoms with Crippen molar-refractivity contribution in [2.45, 2.75) is 13.0 Å². The molecule has 0 radical (unpaired) electrons. The first-order valence-corrected chi connectivity index (χ1v) is 7.07. The molecule has 4 nitrogen and oxygen atoms in total. The molecule has 1 aromatic carbocycles. The van der Waals surface area contributed by atoms with Gasteiger partial charge in [-0.05, 0) is 47.7 Å². The molecular weight excluding hydrogens is 258 g/mol. The fraction of sp³-hybridized carbons (Fsp3) is 0.214. The molecule has 5 heteroatoms. The van der Waals surface area contributed by atoms with Gasteiger partial charge in [0.2, 0.25) is 0 Å². The maximum atomic E-state index is 12.4.